The lowest BCUT2D eigenvalue weighted by molar-refractivity contribution is 0.0887. The Morgan fingerprint density at radius 1 is 1.08 bits per heavy atom. The van der Waals surface area contributed by atoms with Crippen molar-refractivity contribution in [1.82, 2.24) is 9.80 Å². The van der Waals surface area contributed by atoms with Crippen molar-refractivity contribution < 1.29 is 4.42 Å². The van der Waals surface area contributed by atoms with E-state index in [1.165, 1.54) is 37.2 Å². The fourth-order valence-corrected chi connectivity index (χ4v) is 4.32. The minimum absolute atomic E-state index is 0.683. The molecule has 2 aliphatic rings. The lowest BCUT2D eigenvalue weighted by atomic mass is 10.0. The summed E-state index contributed by atoms with van der Waals surface area (Å²) in [5.41, 5.74) is 2.53. The molecule has 5 heteroatoms. The predicted octanol–water partition coefficient (Wildman–Crippen LogP) is 3.72. The van der Waals surface area contributed by atoms with Gasteiger partial charge in [-0.15, -0.1) is 0 Å². The smallest absolute Gasteiger partial charge is 0.0947 e. The van der Waals surface area contributed by atoms with Gasteiger partial charge in [0.25, 0.3) is 0 Å². The summed E-state index contributed by atoms with van der Waals surface area (Å²) in [5, 5.41) is 0.821. The van der Waals surface area contributed by atoms with E-state index in [-0.39, 0.29) is 0 Å². The van der Waals surface area contributed by atoms with Crippen LogP contribution < -0.4 is 4.90 Å². The number of furan rings is 1. The summed E-state index contributed by atoms with van der Waals surface area (Å²) < 4.78 is 5.21. The summed E-state index contributed by atoms with van der Waals surface area (Å²) >= 11 is 6.14. The highest BCUT2D eigenvalue weighted by Gasteiger charge is 2.28. The number of piperidine rings is 1. The molecule has 0 aliphatic carbocycles. The van der Waals surface area contributed by atoms with E-state index in [9.17, 15) is 0 Å². The zero-order valence-electron chi connectivity index (χ0n) is 14.6. The number of piperazine rings is 1. The molecule has 1 unspecified atom stereocenters. The molecule has 3 heterocycles. The number of halogens is 1. The summed E-state index contributed by atoms with van der Waals surface area (Å²) in [7, 11) is 0. The highest BCUT2D eigenvalue weighted by molar-refractivity contribution is 6.30. The molecule has 25 heavy (non-hydrogen) atoms. The molecule has 0 N–H and O–H groups in total. The summed E-state index contributed by atoms with van der Waals surface area (Å²) in [4.78, 5) is 7.71. The molecular weight excluding hydrogens is 334 g/mol. The third-order valence-corrected chi connectivity index (χ3v) is 5.71. The van der Waals surface area contributed by atoms with Crippen molar-refractivity contribution in [2.45, 2.75) is 25.4 Å². The van der Waals surface area contributed by atoms with Crippen molar-refractivity contribution in [2.24, 2.45) is 0 Å². The van der Waals surface area contributed by atoms with E-state index in [2.05, 4.69) is 32.9 Å². The Balaban J connectivity index is 1.31. The number of nitrogens with zero attached hydrogens (tertiary/aromatic N) is 3. The van der Waals surface area contributed by atoms with Crippen molar-refractivity contribution in [3.63, 3.8) is 0 Å². The Hall–Kier alpha value is -1.49. The van der Waals surface area contributed by atoms with Crippen LogP contribution in [0.4, 0.5) is 5.69 Å². The van der Waals surface area contributed by atoms with Gasteiger partial charge in [0.15, 0.2) is 0 Å². The van der Waals surface area contributed by atoms with Crippen LogP contribution in [0.3, 0.4) is 0 Å². The minimum atomic E-state index is 0.683. The molecule has 2 fully saturated rings. The van der Waals surface area contributed by atoms with E-state index in [1.54, 1.807) is 6.26 Å². The summed E-state index contributed by atoms with van der Waals surface area (Å²) in [6, 6.07) is 11.0. The third kappa shape index (κ3) is 4.20. The maximum absolute atomic E-state index is 6.14. The standard InChI is InChI=1S/C20H26ClN3O/c21-18-3-1-4-19(13-18)23-8-10-24(11-9-23)20-5-2-7-22(15-20)14-17-6-12-25-16-17/h1,3-4,6,12-13,16,20H,2,5,7-11,14-15H2. The van der Waals surface area contributed by atoms with Crippen molar-refractivity contribution >= 4 is 17.3 Å². The second-order valence-electron chi connectivity index (χ2n) is 7.17. The van der Waals surface area contributed by atoms with E-state index in [0.717, 1.165) is 37.7 Å². The molecule has 134 valence electrons. The fourth-order valence-electron chi connectivity index (χ4n) is 4.13. The number of hydrogen-bond acceptors (Lipinski definition) is 4. The maximum Gasteiger partial charge on any atom is 0.0947 e. The molecule has 0 spiro atoms. The molecule has 0 radical (unpaired) electrons. The van der Waals surface area contributed by atoms with Gasteiger partial charge in [0, 0.05) is 61.6 Å². The molecule has 1 aromatic heterocycles. The highest BCUT2D eigenvalue weighted by atomic mass is 35.5. The van der Waals surface area contributed by atoms with Crippen LogP contribution in [0.5, 0.6) is 0 Å². The molecule has 0 bridgehead atoms. The van der Waals surface area contributed by atoms with Crippen LogP contribution in [-0.2, 0) is 6.54 Å². The Kier molecular flexibility index (Phi) is 5.30. The first kappa shape index (κ1) is 17.0. The first-order valence-electron chi connectivity index (χ1n) is 9.26. The van der Waals surface area contributed by atoms with Gasteiger partial charge in [-0.25, -0.2) is 0 Å². The quantitative estimate of drug-likeness (QED) is 0.829. The van der Waals surface area contributed by atoms with Crippen LogP contribution in [0.2, 0.25) is 5.02 Å². The molecule has 0 amide bonds. The Bertz CT molecular complexity index is 667. The first-order valence-corrected chi connectivity index (χ1v) is 9.64. The van der Waals surface area contributed by atoms with Gasteiger partial charge in [0.1, 0.15) is 0 Å². The number of anilines is 1. The third-order valence-electron chi connectivity index (χ3n) is 5.47. The summed E-state index contributed by atoms with van der Waals surface area (Å²) in [6.45, 7) is 7.81. The second kappa shape index (κ2) is 7.81. The average molecular weight is 360 g/mol. The Morgan fingerprint density at radius 3 is 2.72 bits per heavy atom. The monoisotopic (exact) mass is 359 g/mol. The zero-order chi connectivity index (χ0) is 17.1. The maximum atomic E-state index is 6.14. The molecule has 0 saturated carbocycles. The fraction of sp³-hybridized carbons (Fsp3) is 0.500. The topological polar surface area (TPSA) is 22.9 Å². The molecule has 1 atom stereocenters. The zero-order valence-corrected chi connectivity index (χ0v) is 15.4. The van der Waals surface area contributed by atoms with Crippen molar-refractivity contribution in [3.05, 3.63) is 53.4 Å². The number of likely N-dealkylation sites (tertiary alicyclic amines) is 1. The van der Waals surface area contributed by atoms with Crippen LogP contribution in [0, 0.1) is 0 Å². The van der Waals surface area contributed by atoms with Crippen molar-refractivity contribution in [1.29, 1.82) is 0 Å². The molecular formula is C20H26ClN3O. The van der Waals surface area contributed by atoms with Gasteiger partial charge in [-0.2, -0.15) is 0 Å². The lowest BCUT2D eigenvalue weighted by Crippen LogP contribution is -2.55. The van der Waals surface area contributed by atoms with Crippen LogP contribution in [-0.4, -0.2) is 55.1 Å². The number of benzene rings is 1. The van der Waals surface area contributed by atoms with Gasteiger partial charge in [0.2, 0.25) is 0 Å². The largest absolute Gasteiger partial charge is 0.472 e. The summed E-state index contributed by atoms with van der Waals surface area (Å²) in [5.74, 6) is 0. The van der Waals surface area contributed by atoms with E-state index >= 15 is 0 Å². The minimum Gasteiger partial charge on any atom is -0.472 e. The van der Waals surface area contributed by atoms with E-state index in [4.69, 9.17) is 16.0 Å². The van der Waals surface area contributed by atoms with Gasteiger partial charge in [-0.1, -0.05) is 17.7 Å². The van der Waals surface area contributed by atoms with Gasteiger partial charge < -0.3 is 9.32 Å². The van der Waals surface area contributed by atoms with Crippen LogP contribution in [0.1, 0.15) is 18.4 Å². The van der Waals surface area contributed by atoms with Crippen LogP contribution in [0.15, 0.2) is 47.3 Å². The SMILES string of the molecule is Clc1cccc(N2CCN(C3CCCN(Cc4ccoc4)C3)CC2)c1. The van der Waals surface area contributed by atoms with Gasteiger partial charge in [0.05, 0.1) is 12.5 Å². The summed E-state index contributed by atoms with van der Waals surface area (Å²) in [6.07, 6.45) is 6.25. The van der Waals surface area contributed by atoms with Crippen molar-refractivity contribution in [3.8, 4) is 0 Å². The number of rotatable bonds is 4. The van der Waals surface area contributed by atoms with E-state index in [0.29, 0.717) is 6.04 Å². The molecule has 4 rings (SSSR count). The molecule has 4 nitrogen and oxygen atoms in total. The van der Waals surface area contributed by atoms with E-state index < -0.39 is 0 Å². The van der Waals surface area contributed by atoms with Gasteiger partial charge in [-0.05, 0) is 43.7 Å². The second-order valence-corrected chi connectivity index (χ2v) is 7.60. The van der Waals surface area contributed by atoms with Gasteiger partial charge >= 0.3 is 0 Å². The normalized spacial score (nSPS) is 23.1. The predicted molar refractivity (Wildman–Crippen MR) is 102 cm³/mol. The molecule has 2 aliphatic heterocycles. The van der Waals surface area contributed by atoms with E-state index in [1.807, 2.05) is 18.4 Å². The van der Waals surface area contributed by atoms with Gasteiger partial charge in [-0.3, -0.25) is 9.80 Å². The Labute approximate surface area is 155 Å². The first-order chi connectivity index (χ1) is 12.3. The lowest BCUT2D eigenvalue weighted by Gasteiger charge is -2.44. The highest BCUT2D eigenvalue weighted by Crippen LogP contribution is 2.23. The van der Waals surface area contributed by atoms with Crippen LogP contribution >= 0.6 is 11.6 Å². The number of hydrogen-bond donors (Lipinski definition) is 0. The molecule has 1 aromatic carbocycles. The van der Waals surface area contributed by atoms with Crippen molar-refractivity contribution in [2.75, 3.05) is 44.2 Å². The molecule has 2 aromatic rings. The Morgan fingerprint density at radius 2 is 1.96 bits per heavy atom. The molecule has 2 saturated heterocycles. The average Bonchev–Trinajstić information content (AvgIpc) is 3.15. The van der Waals surface area contributed by atoms with Crippen LogP contribution in [0.25, 0.3) is 0 Å².